The second-order valence-electron chi connectivity index (χ2n) is 3.93. The summed E-state index contributed by atoms with van der Waals surface area (Å²) in [6.07, 6.45) is 8.50. The van der Waals surface area contributed by atoms with Crippen LogP contribution in [0.2, 0.25) is 0 Å². The van der Waals surface area contributed by atoms with E-state index in [1.807, 2.05) is 0 Å². The van der Waals surface area contributed by atoms with Gasteiger partial charge in [0, 0.05) is 18.9 Å². The lowest BCUT2D eigenvalue weighted by molar-refractivity contribution is -0.807. The monoisotopic (exact) mass is 165 g/mol. The quantitative estimate of drug-likeness (QED) is 0.593. The van der Waals surface area contributed by atoms with Crippen molar-refractivity contribution in [2.45, 2.75) is 45.2 Å². The van der Waals surface area contributed by atoms with Gasteiger partial charge in [-0.1, -0.05) is 0 Å². The van der Waals surface area contributed by atoms with Gasteiger partial charge in [0.25, 0.3) is 0 Å². The summed E-state index contributed by atoms with van der Waals surface area (Å²) in [6.45, 7) is 4.46. The molecule has 0 atom stereocenters. The Morgan fingerprint density at radius 1 is 1.42 bits per heavy atom. The largest absolute Gasteiger partial charge is 0.195 e. The van der Waals surface area contributed by atoms with Crippen LogP contribution < -0.4 is 4.68 Å². The molecule has 1 aromatic heterocycles. The molecule has 0 aliphatic heterocycles. The Morgan fingerprint density at radius 2 is 2.17 bits per heavy atom. The summed E-state index contributed by atoms with van der Waals surface area (Å²) in [6, 6.07) is 3.50. The highest BCUT2D eigenvalue weighted by molar-refractivity contribution is 4.75. The molecule has 1 saturated carbocycles. The third kappa shape index (κ3) is 1.15. The Kier molecular flexibility index (Phi) is 1.91. The first-order chi connectivity index (χ1) is 5.79. The number of rotatable bonds is 2. The Hall–Kier alpha value is -0.790. The van der Waals surface area contributed by atoms with Crippen molar-refractivity contribution in [1.29, 1.82) is 0 Å². The minimum atomic E-state index is 0.584. The third-order valence-electron chi connectivity index (χ3n) is 2.72. The molecule has 0 saturated heterocycles. The molecule has 1 aliphatic rings. The fourth-order valence-electron chi connectivity index (χ4n) is 1.77. The third-order valence-corrected chi connectivity index (χ3v) is 2.72. The van der Waals surface area contributed by atoms with Gasteiger partial charge in [-0.15, -0.1) is 4.68 Å². The topological polar surface area (TPSA) is 8.81 Å². The molecule has 66 valence electrons. The molecule has 1 fully saturated rings. The smallest absolute Gasteiger partial charge is 0.158 e. The normalized spacial score (nSPS) is 18.2. The van der Waals surface area contributed by atoms with E-state index < -0.39 is 0 Å². The molecule has 1 heterocycles. The predicted octanol–water partition coefficient (Wildman–Crippen LogP) is 2.08. The van der Waals surface area contributed by atoms with Crippen molar-refractivity contribution in [1.82, 2.24) is 4.68 Å². The van der Waals surface area contributed by atoms with E-state index in [0.717, 1.165) is 6.04 Å². The van der Waals surface area contributed by atoms with Gasteiger partial charge in [-0.05, 0) is 20.3 Å². The maximum atomic E-state index is 2.38. The lowest BCUT2D eigenvalue weighted by Gasteiger charge is -2.21. The molecule has 1 aliphatic carbocycles. The molecule has 0 aromatic carbocycles. The van der Waals surface area contributed by atoms with Gasteiger partial charge in [-0.25, -0.2) is 0 Å². The number of hydrogen-bond acceptors (Lipinski definition) is 0. The maximum Gasteiger partial charge on any atom is 0.195 e. The van der Waals surface area contributed by atoms with Gasteiger partial charge in [-0.2, -0.15) is 4.68 Å². The van der Waals surface area contributed by atoms with Crippen LogP contribution in [0.4, 0.5) is 0 Å². The van der Waals surface area contributed by atoms with E-state index in [9.17, 15) is 0 Å². The van der Waals surface area contributed by atoms with Crippen molar-refractivity contribution in [3.63, 3.8) is 0 Å². The first kappa shape index (κ1) is 7.84. The molecule has 0 amide bonds. The fraction of sp³-hybridized carbons (Fsp3) is 0.700. The van der Waals surface area contributed by atoms with Crippen molar-refractivity contribution >= 4 is 0 Å². The second kappa shape index (κ2) is 2.92. The van der Waals surface area contributed by atoms with Gasteiger partial charge in [0.2, 0.25) is 0 Å². The first-order valence-electron chi connectivity index (χ1n) is 4.87. The molecule has 0 spiro atoms. The first-order valence-corrected chi connectivity index (χ1v) is 4.87. The summed E-state index contributed by atoms with van der Waals surface area (Å²) in [5.74, 6) is 0. The van der Waals surface area contributed by atoms with Crippen molar-refractivity contribution < 1.29 is 4.68 Å². The van der Waals surface area contributed by atoms with Crippen molar-refractivity contribution in [3.8, 4) is 0 Å². The van der Waals surface area contributed by atoms with E-state index in [1.165, 1.54) is 19.3 Å². The molecule has 2 rings (SSSR count). The minimum absolute atomic E-state index is 0.584. The molecule has 2 heteroatoms. The summed E-state index contributed by atoms with van der Waals surface area (Å²) in [5, 5.41) is 0. The maximum absolute atomic E-state index is 2.38. The average molecular weight is 165 g/mol. The molecule has 0 unspecified atom stereocenters. The van der Waals surface area contributed by atoms with Gasteiger partial charge in [0.05, 0.1) is 12.2 Å². The van der Waals surface area contributed by atoms with Gasteiger partial charge in [-0.3, -0.25) is 0 Å². The Balaban J connectivity index is 2.23. The summed E-state index contributed by atoms with van der Waals surface area (Å²) in [5.41, 5.74) is 0. The van der Waals surface area contributed by atoms with E-state index in [4.69, 9.17) is 0 Å². The van der Waals surface area contributed by atoms with E-state index in [0.29, 0.717) is 6.04 Å². The van der Waals surface area contributed by atoms with E-state index in [1.54, 1.807) is 0 Å². The highest BCUT2D eigenvalue weighted by Crippen LogP contribution is 2.26. The highest BCUT2D eigenvalue weighted by atomic mass is 15.4. The number of aromatic nitrogens is 2. The average Bonchev–Trinajstić information content (AvgIpc) is 2.31. The van der Waals surface area contributed by atoms with Crippen LogP contribution in [0.3, 0.4) is 0 Å². The molecule has 1 aromatic rings. The lowest BCUT2D eigenvalue weighted by Crippen LogP contribution is -2.50. The zero-order chi connectivity index (χ0) is 8.55. The standard InChI is InChI=1S/C10H17N2/c1-9(2)11-7-4-8-12(11)10-5-3-6-10/h4,7-10H,3,5-6H2,1-2H3/q+1. The van der Waals surface area contributed by atoms with Crippen molar-refractivity contribution in [2.75, 3.05) is 0 Å². The Bertz CT molecular complexity index is 259. The van der Waals surface area contributed by atoms with Crippen LogP contribution in [-0.2, 0) is 0 Å². The van der Waals surface area contributed by atoms with Gasteiger partial charge in [0.15, 0.2) is 12.2 Å². The van der Waals surface area contributed by atoms with Gasteiger partial charge >= 0.3 is 0 Å². The van der Waals surface area contributed by atoms with Crippen LogP contribution in [0.5, 0.6) is 0 Å². The minimum Gasteiger partial charge on any atom is -0.158 e. The molecular formula is C10H17N2+. The van der Waals surface area contributed by atoms with Crippen LogP contribution in [-0.4, -0.2) is 4.68 Å². The van der Waals surface area contributed by atoms with E-state index >= 15 is 0 Å². The van der Waals surface area contributed by atoms with E-state index in [2.05, 4.69) is 41.7 Å². The van der Waals surface area contributed by atoms with Crippen LogP contribution in [0.1, 0.15) is 45.2 Å². The summed E-state index contributed by atoms with van der Waals surface area (Å²) < 4.78 is 4.71. The Morgan fingerprint density at radius 3 is 2.67 bits per heavy atom. The highest BCUT2D eigenvalue weighted by Gasteiger charge is 2.29. The van der Waals surface area contributed by atoms with Crippen LogP contribution in [0.15, 0.2) is 18.5 Å². The molecular weight excluding hydrogens is 148 g/mol. The predicted molar refractivity (Wildman–Crippen MR) is 47.9 cm³/mol. The van der Waals surface area contributed by atoms with Crippen LogP contribution in [0.25, 0.3) is 0 Å². The summed E-state index contributed by atoms with van der Waals surface area (Å²) >= 11 is 0. The summed E-state index contributed by atoms with van der Waals surface area (Å²) in [7, 11) is 0. The van der Waals surface area contributed by atoms with Gasteiger partial charge in [0.1, 0.15) is 0 Å². The van der Waals surface area contributed by atoms with Crippen molar-refractivity contribution in [3.05, 3.63) is 18.5 Å². The molecule has 12 heavy (non-hydrogen) atoms. The number of hydrogen-bond donors (Lipinski definition) is 0. The fourth-order valence-corrected chi connectivity index (χ4v) is 1.77. The van der Waals surface area contributed by atoms with E-state index in [-0.39, 0.29) is 0 Å². The zero-order valence-corrected chi connectivity index (χ0v) is 7.90. The van der Waals surface area contributed by atoms with Crippen LogP contribution >= 0.6 is 0 Å². The summed E-state index contributed by atoms with van der Waals surface area (Å²) in [4.78, 5) is 0. The SMILES string of the molecule is CC(C)n1ccc[n+]1C1CCC1. The Labute approximate surface area is 73.8 Å². The molecule has 0 bridgehead atoms. The molecule has 0 radical (unpaired) electrons. The lowest BCUT2D eigenvalue weighted by atomic mass is 9.93. The van der Waals surface area contributed by atoms with Crippen molar-refractivity contribution in [2.24, 2.45) is 0 Å². The van der Waals surface area contributed by atoms with Gasteiger partial charge < -0.3 is 0 Å². The molecule has 0 N–H and O–H groups in total. The zero-order valence-electron chi connectivity index (χ0n) is 7.90. The number of nitrogens with zero attached hydrogens (tertiary/aromatic N) is 2. The second-order valence-corrected chi connectivity index (χ2v) is 3.93. The van der Waals surface area contributed by atoms with Crippen LogP contribution in [0, 0.1) is 0 Å². The molecule has 2 nitrogen and oxygen atoms in total.